The van der Waals surface area contributed by atoms with Crippen LogP contribution in [0.4, 0.5) is 5.69 Å². The Morgan fingerprint density at radius 1 is 0.938 bits per heavy atom. The highest BCUT2D eigenvalue weighted by atomic mass is 15.2. The van der Waals surface area contributed by atoms with E-state index in [1.54, 1.807) is 0 Å². The summed E-state index contributed by atoms with van der Waals surface area (Å²) in [5.74, 6) is 0. The summed E-state index contributed by atoms with van der Waals surface area (Å²) in [5, 5.41) is 6.36. The van der Waals surface area contributed by atoms with Gasteiger partial charge in [-0.3, -0.25) is 0 Å². The molecule has 88 valence electrons. The van der Waals surface area contributed by atoms with Gasteiger partial charge in [-0.15, -0.1) is 0 Å². The third-order valence-electron chi connectivity index (χ3n) is 2.82. The molecule has 0 bridgehead atoms. The van der Waals surface area contributed by atoms with Gasteiger partial charge in [-0.05, 0) is 18.6 Å². The van der Waals surface area contributed by atoms with Crippen LogP contribution >= 0.6 is 0 Å². The number of aryl methyl sites for hydroxylation is 1. The number of nitrogens with one attached hydrogen (secondary N) is 2. The van der Waals surface area contributed by atoms with Gasteiger partial charge >= 0.3 is 0 Å². The molecule has 2 N–H and O–H groups in total. The second-order valence-electron chi connectivity index (χ2n) is 4.27. The van der Waals surface area contributed by atoms with Gasteiger partial charge < -0.3 is 15.5 Å². The molecule has 16 heavy (non-hydrogen) atoms. The van der Waals surface area contributed by atoms with Crippen molar-refractivity contribution in [2.24, 2.45) is 0 Å². The average Bonchev–Trinajstić information content (AvgIpc) is 3.18. The molecule has 0 radical (unpaired) electrons. The Kier molecular flexibility index (Phi) is 4.19. The van der Waals surface area contributed by atoms with Crippen molar-refractivity contribution in [2.75, 3.05) is 44.2 Å². The van der Waals surface area contributed by atoms with Crippen molar-refractivity contribution in [2.45, 2.75) is 6.92 Å². The largest absolute Gasteiger partial charge is 0.369 e. The fraction of sp³-hybridized carbons (Fsp3) is 0.538. The van der Waals surface area contributed by atoms with Gasteiger partial charge in [-0.2, -0.15) is 0 Å². The highest BCUT2D eigenvalue weighted by Crippen LogP contribution is 2.19. The normalized spacial score (nSPS) is 18.7. The van der Waals surface area contributed by atoms with Gasteiger partial charge in [-0.25, -0.2) is 0 Å². The Labute approximate surface area is 97.8 Å². The monoisotopic (exact) mass is 219 g/mol. The summed E-state index contributed by atoms with van der Waals surface area (Å²) < 4.78 is 0. The Hall–Kier alpha value is -1.06. The molecule has 3 nitrogen and oxygen atoms in total. The number of anilines is 1. The first-order valence-electron chi connectivity index (χ1n) is 6.10. The molecule has 0 atom stereocenters. The van der Waals surface area contributed by atoms with Gasteiger partial charge in [0.1, 0.15) is 0 Å². The molecule has 2 saturated heterocycles. The zero-order chi connectivity index (χ0) is 11.2. The summed E-state index contributed by atoms with van der Waals surface area (Å²) in [6.45, 7) is 9.15. The molecule has 0 spiro atoms. The first-order chi connectivity index (χ1) is 7.88. The van der Waals surface area contributed by atoms with Crippen LogP contribution in [0.5, 0.6) is 0 Å². The molecular weight excluding hydrogens is 198 g/mol. The Morgan fingerprint density at radius 3 is 2.06 bits per heavy atom. The SMILES string of the molecule is C1CN1.Cc1ccccc1N1CCNCC1. The third-order valence-corrected chi connectivity index (χ3v) is 2.82. The number of rotatable bonds is 1. The molecule has 0 unspecified atom stereocenters. The summed E-state index contributed by atoms with van der Waals surface area (Å²) in [6, 6.07) is 8.60. The van der Waals surface area contributed by atoms with E-state index in [0.717, 1.165) is 26.2 Å². The standard InChI is InChI=1S/C11H16N2.C2H5N/c1-10-4-2-3-5-11(10)13-8-6-12-7-9-13;1-2-3-1/h2-5,12H,6-9H2,1H3;3H,1-2H2. The van der Waals surface area contributed by atoms with E-state index in [0.29, 0.717) is 0 Å². The summed E-state index contributed by atoms with van der Waals surface area (Å²) in [6.07, 6.45) is 0. The molecule has 1 aromatic rings. The van der Waals surface area contributed by atoms with E-state index in [-0.39, 0.29) is 0 Å². The molecule has 2 heterocycles. The smallest absolute Gasteiger partial charge is 0.0396 e. The molecule has 1 aromatic carbocycles. The van der Waals surface area contributed by atoms with E-state index in [4.69, 9.17) is 0 Å². The second kappa shape index (κ2) is 5.87. The lowest BCUT2D eigenvalue weighted by molar-refractivity contribution is 0.588. The number of benzene rings is 1. The van der Waals surface area contributed by atoms with Crippen LogP contribution in [0.15, 0.2) is 24.3 Å². The van der Waals surface area contributed by atoms with E-state index in [2.05, 4.69) is 46.7 Å². The Morgan fingerprint density at radius 2 is 1.50 bits per heavy atom. The number of piperazine rings is 1. The molecule has 3 heteroatoms. The predicted octanol–water partition coefficient (Wildman–Crippen LogP) is 0.994. The number of nitrogens with zero attached hydrogens (tertiary/aromatic N) is 1. The van der Waals surface area contributed by atoms with E-state index in [1.807, 2.05) is 0 Å². The molecular formula is C13H21N3. The van der Waals surface area contributed by atoms with Gasteiger partial charge in [-0.1, -0.05) is 18.2 Å². The van der Waals surface area contributed by atoms with Crippen molar-refractivity contribution in [3.05, 3.63) is 29.8 Å². The van der Waals surface area contributed by atoms with Crippen LogP contribution in [0.25, 0.3) is 0 Å². The minimum Gasteiger partial charge on any atom is -0.369 e. The average molecular weight is 219 g/mol. The topological polar surface area (TPSA) is 37.2 Å². The highest BCUT2D eigenvalue weighted by Gasteiger charge is 2.10. The van der Waals surface area contributed by atoms with Crippen molar-refractivity contribution < 1.29 is 0 Å². The van der Waals surface area contributed by atoms with Crippen molar-refractivity contribution in [3.8, 4) is 0 Å². The van der Waals surface area contributed by atoms with Gasteiger partial charge in [0, 0.05) is 45.0 Å². The molecule has 0 saturated carbocycles. The van der Waals surface area contributed by atoms with Crippen LogP contribution in [-0.2, 0) is 0 Å². The van der Waals surface area contributed by atoms with Crippen LogP contribution in [0, 0.1) is 6.92 Å². The van der Waals surface area contributed by atoms with Crippen LogP contribution in [-0.4, -0.2) is 39.3 Å². The highest BCUT2D eigenvalue weighted by molar-refractivity contribution is 5.53. The molecule has 2 aliphatic rings. The van der Waals surface area contributed by atoms with Crippen LogP contribution in [0.1, 0.15) is 5.56 Å². The maximum atomic E-state index is 3.36. The number of hydrogen-bond donors (Lipinski definition) is 2. The van der Waals surface area contributed by atoms with E-state index in [9.17, 15) is 0 Å². The zero-order valence-electron chi connectivity index (χ0n) is 10.00. The maximum absolute atomic E-state index is 3.36. The fourth-order valence-electron chi connectivity index (χ4n) is 1.82. The van der Waals surface area contributed by atoms with E-state index >= 15 is 0 Å². The molecule has 2 aliphatic heterocycles. The molecule has 0 aromatic heterocycles. The van der Waals surface area contributed by atoms with E-state index < -0.39 is 0 Å². The first kappa shape index (κ1) is 11.4. The summed E-state index contributed by atoms with van der Waals surface area (Å²) in [5.41, 5.74) is 2.77. The summed E-state index contributed by atoms with van der Waals surface area (Å²) >= 11 is 0. The van der Waals surface area contributed by atoms with Crippen LogP contribution in [0.2, 0.25) is 0 Å². The van der Waals surface area contributed by atoms with Crippen LogP contribution in [0.3, 0.4) is 0 Å². The predicted molar refractivity (Wildman–Crippen MR) is 69.1 cm³/mol. The van der Waals surface area contributed by atoms with Gasteiger partial charge in [0.05, 0.1) is 0 Å². The first-order valence-corrected chi connectivity index (χ1v) is 6.10. The summed E-state index contributed by atoms with van der Waals surface area (Å²) in [7, 11) is 0. The Balaban J connectivity index is 0.000000278. The second-order valence-corrected chi connectivity index (χ2v) is 4.27. The lowest BCUT2D eigenvalue weighted by Crippen LogP contribution is -2.43. The molecule has 0 aliphatic carbocycles. The maximum Gasteiger partial charge on any atom is 0.0396 e. The molecule has 2 fully saturated rings. The van der Waals surface area contributed by atoms with Crippen molar-refractivity contribution >= 4 is 5.69 Å². The minimum atomic E-state index is 1.11. The minimum absolute atomic E-state index is 1.11. The molecule has 0 amide bonds. The summed E-state index contributed by atoms with van der Waals surface area (Å²) in [4.78, 5) is 2.45. The Bertz CT molecular complexity index is 314. The lowest BCUT2D eigenvalue weighted by Gasteiger charge is -2.30. The van der Waals surface area contributed by atoms with Gasteiger partial charge in [0.2, 0.25) is 0 Å². The van der Waals surface area contributed by atoms with Gasteiger partial charge in [0.15, 0.2) is 0 Å². The number of para-hydroxylation sites is 1. The fourth-order valence-corrected chi connectivity index (χ4v) is 1.82. The van der Waals surface area contributed by atoms with Crippen LogP contribution < -0.4 is 15.5 Å². The van der Waals surface area contributed by atoms with E-state index in [1.165, 1.54) is 24.3 Å². The van der Waals surface area contributed by atoms with Crippen molar-refractivity contribution in [1.29, 1.82) is 0 Å². The quantitative estimate of drug-likeness (QED) is 0.692. The lowest BCUT2D eigenvalue weighted by atomic mass is 10.1. The number of hydrogen-bond acceptors (Lipinski definition) is 3. The van der Waals surface area contributed by atoms with Crippen molar-refractivity contribution in [1.82, 2.24) is 10.6 Å². The van der Waals surface area contributed by atoms with Crippen molar-refractivity contribution in [3.63, 3.8) is 0 Å². The third kappa shape index (κ3) is 3.51. The zero-order valence-corrected chi connectivity index (χ0v) is 10.00. The molecule has 3 rings (SSSR count). The van der Waals surface area contributed by atoms with Gasteiger partial charge in [0.25, 0.3) is 0 Å².